The summed E-state index contributed by atoms with van der Waals surface area (Å²) in [6.07, 6.45) is 4.67. The number of phenolic OH excluding ortho intramolecular Hbond substituents is 2. The molecule has 0 atom stereocenters. The van der Waals surface area contributed by atoms with Crippen molar-refractivity contribution in [1.29, 1.82) is 0 Å². The summed E-state index contributed by atoms with van der Waals surface area (Å²) in [5.41, 5.74) is 3.45. The van der Waals surface area contributed by atoms with Crippen LogP contribution in [0.3, 0.4) is 0 Å². The number of amides is 1. The maximum Gasteiger partial charge on any atom is 0.262 e. The van der Waals surface area contributed by atoms with Crippen LogP contribution in [-0.2, 0) is 21.3 Å². The molecule has 2 N–H and O–H groups in total. The molecule has 11 heteroatoms. The molecule has 1 aliphatic rings. The van der Waals surface area contributed by atoms with Crippen LogP contribution in [-0.4, -0.2) is 65.1 Å². The molecule has 0 unspecified atom stereocenters. The van der Waals surface area contributed by atoms with Gasteiger partial charge in [0.05, 0.1) is 31.0 Å². The van der Waals surface area contributed by atoms with Gasteiger partial charge in [-0.1, -0.05) is 18.2 Å². The Labute approximate surface area is 232 Å². The first-order valence-electron chi connectivity index (χ1n) is 12.6. The number of aromatic hydroxyl groups is 2. The summed E-state index contributed by atoms with van der Waals surface area (Å²) in [6.45, 7) is 3.34. The Hall–Kier alpha value is -4.32. The normalized spacial score (nSPS) is 14.1. The number of morpholine rings is 1. The molecule has 1 fully saturated rings. The molecule has 1 aliphatic heterocycles. The lowest BCUT2D eigenvalue weighted by atomic mass is 10.1. The van der Waals surface area contributed by atoms with Gasteiger partial charge in [0.15, 0.2) is 0 Å². The maximum atomic E-state index is 13.5. The number of sulfonamides is 1. The molecule has 1 saturated heterocycles. The van der Waals surface area contributed by atoms with E-state index in [4.69, 9.17) is 4.74 Å². The van der Waals surface area contributed by atoms with E-state index in [9.17, 15) is 23.4 Å². The molecule has 0 saturated carbocycles. The van der Waals surface area contributed by atoms with Crippen molar-refractivity contribution in [3.05, 3.63) is 95.9 Å². The molecule has 1 amide bonds. The predicted octanol–water partition coefficient (Wildman–Crippen LogP) is 3.73. The molecule has 4 aromatic rings. The molecule has 5 rings (SSSR count). The van der Waals surface area contributed by atoms with Gasteiger partial charge in [-0.15, -0.1) is 0 Å². The number of phenols is 2. The van der Waals surface area contributed by atoms with Crippen molar-refractivity contribution in [2.45, 2.75) is 18.4 Å². The molecule has 0 bridgehead atoms. The Morgan fingerprint density at radius 1 is 1.02 bits per heavy atom. The number of carbonyl (C=O) groups excluding carboxylic acids is 1. The van der Waals surface area contributed by atoms with E-state index in [0.29, 0.717) is 43.2 Å². The van der Waals surface area contributed by atoms with E-state index >= 15 is 0 Å². The standard InChI is InChI=1S/C29H28N4O6S/c1-20-15-25(40(37,38)32-11-13-39-14-12-32)18-31-28(20)22-4-6-23(7-5-22)33(19-21-3-2-10-30-17-21)29(36)26-9-8-24(34)16-27(26)35/h2-10,15-18,34-35H,11-14,19H2,1H3. The van der Waals surface area contributed by atoms with Gasteiger partial charge in [-0.25, -0.2) is 8.42 Å². The molecule has 0 spiro atoms. The summed E-state index contributed by atoms with van der Waals surface area (Å²) in [5.74, 6) is -0.935. The van der Waals surface area contributed by atoms with Gasteiger partial charge < -0.3 is 19.8 Å². The minimum Gasteiger partial charge on any atom is -0.508 e. The number of hydrogen-bond donors (Lipinski definition) is 2. The molecule has 2 aromatic carbocycles. The fraction of sp³-hybridized carbons (Fsp3) is 0.207. The monoisotopic (exact) mass is 560 g/mol. The van der Waals surface area contributed by atoms with Crippen LogP contribution in [0.4, 0.5) is 5.69 Å². The van der Waals surface area contributed by atoms with Crippen LogP contribution >= 0.6 is 0 Å². The molecule has 10 nitrogen and oxygen atoms in total. The van der Waals surface area contributed by atoms with Crippen LogP contribution in [0.5, 0.6) is 11.5 Å². The molecule has 3 heterocycles. The lowest BCUT2D eigenvalue weighted by molar-refractivity contribution is 0.0730. The molecule has 206 valence electrons. The van der Waals surface area contributed by atoms with Crippen molar-refractivity contribution < 1.29 is 28.2 Å². The molecule has 40 heavy (non-hydrogen) atoms. The zero-order valence-electron chi connectivity index (χ0n) is 21.8. The summed E-state index contributed by atoms with van der Waals surface area (Å²) >= 11 is 0. The van der Waals surface area contributed by atoms with Crippen LogP contribution in [0.15, 0.2) is 84.1 Å². The maximum absolute atomic E-state index is 13.5. The highest BCUT2D eigenvalue weighted by atomic mass is 32.2. The fourth-order valence-corrected chi connectivity index (χ4v) is 5.97. The van der Waals surface area contributed by atoms with Gasteiger partial charge in [-0.3, -0.25) is 14.8 Å². The van der Waals surface area contributed by atoms with E-state index in [1.54, 1.807) is 55.7 Å². The second kappa shape index (κ2) is 11.4. The molecule has 2 aromatic heterocycles. The number of aromatic nitrogens is 2. The Bertz CT molecular complexity index is 1620. The smallest absolute Gasteiger partial charge is 0.262 e. The largest absolute Gasteiger partial charge is 0.508 e. The van der Waals surface area contributed by atoms with Crippen LogP contribution in [0.25, 0.3) is 11.3 Å². The summed E-state index contributed by atoms with van der Waals surface area (Å²) < 4.78 is 32.7. The van der Waals surface area contributed by atoms with E-state index in [1.807, 2.05) is 6.07 Å². The minimum absolute atomic E-state index is 0.0420. The van der Waals surface area contributed by atoms with Gasteiger partial charge in [-0.05, 0) is 54.4 Å². The van der Waals surface area contributed by atoms with Gasteiger partial charge >= 0.3 is 0 Å². The van der Waals surface area contributed by atoms with Crippen molar-refractivity contribution in [3.63, 3.8) is 0 Å². The number of rotatable bonds is 7. The third-order valence-electron chi connectivity index (χ3n) is 6.63. The van der Waals surface area contributed by atoms with Gasteiger partial charge in [-0.2, -0.15) is 4.31 Å². The van der Waals surface area contributed by atoms with Crippen molar-refractivity contribution in [2.75, 3.05) is 31.2 Å². The number of carbonyl (C=O) groups is 1. The third-order valence-corrected chi connectivity index (χ3v) is 8.50. The van der Waals surface area contributed by atoms with E-state index in [0.717, 1.165) is 17.2 Å². The average molecular weight is 561 g/mol. The van der Waals surface area contributed by atoms with Crippen LogP contribution in [0, 0.1) is 6.92 Å². The van der Waals surface area contributed by atoms with Crippen LogP contribution < -0.4 is 4.90 Å². The Kier molecular flexibility index (Phi) is 7.78. The third kappa shape index (κ3) is 5.67. The molecular weight excluding hydrogens is 532 g/mol. The first-order chi connectivity index (χ1) is 19.2. The van der Waals surface area contributed by atoms with Gasteiger partial charge in [0.2, 0.25) is 10.0 Å². The van der Waals surface area contributed by atoms with Crippen LogP contribution in [0.1, 0.15) is 21.5 Å². The van der Waals surface area contributed by atoms with Crippen molar-refractivity contribution in [3.8, 4) is 22.8 Å². The van der Waals surface area contributed by atoms with Crippen molar-refractivity contribution in [1.82, 2.24) is 14.3 Å². The van der Waals surface area contributed by atoms with Crippen molar-refractivity contribution >= 4 is 21.6 Å². The molecule has 0 aliphatic carbocycles. The number of anilines is 1. The second-order valence-electron chi connectivity index (χ2n) is 9.35. The van der Waals surface area contributed by atoms with Crippen molar-refractivity contribution in [2.24, 2.45) is 0 Å². The summed E-state index contributed by atoms with van der Waals surface area (Å²) in [5, 5.41) is 20.0. The zero-order valence-corrected chi connectivity index (χ0v) is 22.6. The molecular formula is C29H28N4O6S. The van der Waals surface area contributed by atoms with E-state index in [1.165, 1.54) is 27.5 Å². The Morgan fingerprint density at radius 2 is 1.77 bits per heavy atom. The van der Waals surface area contributed by atoms with Crippen LogP contribution in [0.2, 0.25) is 0 Å². The highest BCUT2D eigenvalue weighted by Crippen LogP contribution is 2.30. The Balaban J connectivity index is 1.44. The predicted molar refractivity (Wildman–Crippen MR) is 149 cm³/mol. The van der Waals surface area contributed by atoms with E-state index in [-0.39, 0.29) is 28.5 Å². The fourth-order valence-electron chi connectivity index (χ4n) is 4.53. The quantitative estimate of drug-likeness (QED) is 0.349. The highest BCUT2D eigenvalue weighted by Gasteiger charge is 2.27. The number of benzene rings is 2. The second-order valence-corrected chi connectivity index (χ2v) is 11.3. The lowest BCUT2D eigenvalue weighted by Crippen LogP contribution is -2.40. The average Bonchev–Trinajstić information content (AvgIpc) is 2.97. The summed E-state index contributed by atoms with van der Waals surface area (Å²) in [6, 6.07) is 16.2. The number of hydrogen-bond acceptors (Lipinski definition) is 8. The number of pyridine rings is 2. The van der Waals surface area contributed by atoms with Gasteiger partial charge in [0.1, 0.15) is 16.4 Å². The zero-order chi connectivity index (χ0) is 28.3. The van der Waals surface area contributed by atoms with E-state index in [2.05, 4.69) is 9.97 Å². The van der Waals surface area contributed by atoms with E-state index < -0.39 is 15.9 Å². The number of aryl methyl sites for hydroxylation is 1. The van der Waals surface area contributed by atoms with Gasteiger partial charge in [0.25, 0.3) is 5.91 Å². The Morgan fingerprint density at radius 3 is 2.42 bits per heavy atom. The topological polar surface area (TPSA) is 133 Å². The SMILES string of the molecule is Cc1cc(S(=O)(=O)N2CCOCC2)cnc1-c1ccc(N(Cc2cccnc2)C(=O)c2ccc(O)cc2O)cc1. The van der Waals surface area contributed by atoms with Gasteiger partial charge in [0, 0.05) is 49.0 Å². The number of ether oxygens (including phenoxy) is 1. The lowest BCUT2D eigenvalue weighted by Gasteiger charge is -2.26. The molecule has 0 radical (unpaired) electrons. The highest BCUT2D eigenvalue weighted by molar-refractivity contribution is 7.89. The summed E-state index contributed by atoms with van der Waals surface area (Å²) in [4.78, 5) is 23.8. The first kappa shape index (κ1) is 27.3. The minimum atomic E-state index is -3.67. The summed E-state index contributed by atoms with van der Waals surface area (Å²) in [7, 11) is -3.67. The number of nitrogens with zero attached hydrogens (tertiary/aromatic N) is 4. The first-order valence-corrected chi connectivity index (χ1v) is 14.1.